The summed E-state index contributed by atoms with van der Waals surface area (Å²) in [7, 11) is 0. The van der Waals surface area contributed by atoms with Gasteiger partial charge >= 0.3 is 0 Å². The lowest BCUT2D eigenvalue weighted by Gasteiger charge is -2.07. The number of nitrogens with one attached hydrogen (secondary N) is 2. The minimum atomic E-state index is -0.447. The molecule has 0 bridgehead atoms. The number of ether oxygens (including phenoxy) is 1. The molecule has 0 aliphatic carbocycles. The number of benzene rings is 1. The number of amides is 1. The number of carbonyl (C=O) groups is 1. The first-order valence-corrected chi connectivity index (χ1v) is 7.31. The van der Waals surface area contributed by atoms with Gasteiger partial charge in [0.05, 0.1) is 22.4 Å². The molecule has 1 aliphatic heterocycles. The monoisotopic (exact) mass is 366 g/mol. The molecule has 2 aromatic rings. The summed E-state index contributed by atoms with van der Waals surface area (Å²) in [5, 5.41) is 9.70. The molecule has 2 heterocycles. The third kappa shape index (κ3) is 2.61. The van der Waals surface area contributed by atoms with Crippen LogP contribution in [0, 0.1) is 11.2 Å². The van der Waals surface area contributed by atoms with Crippen LogP contribution >= 0.6 is 15.9 Å². The third-order valence-electron chi connectivity index (χ3n) is 3.16. The first kappa shape index (κ1) is 14.7. The second-order valence-electron chi connectivity index (χ2n) is 4.83. The van der Waals surface area contributed by atoms with Crippen LogP contribution in [0.5, 0.6) is 5.75 Å². The Morgan fingerprint density at radius 3 is 3.05 bits per heavy atom. The Hall–Kier alpha value is -2.22. The van der Waals surface area contributed by atoms with Crippen LogP contribution in [-0.2, 0) is 6.54 Å². The Kier molecular flexibility index (Phi) is 3.69. The van der Waals surface area contributed by atoms with Gasteiger partial charge in [0.25, 0.3) is 5.91 Å². The fourth-order valence-electron chi connectivity index (χ4n) is 2.22. The summed E-state index contributed by atoms with van der Waals surface area (Å²) >= 11 is 3.15. The van der Waals surface area contributed by atoms with Crippen molar-refractivity contribution in [2.75, 3.05) is 6.61 Å². The molecule has 8 heteroatoms. The lowest BCUT2D eigenvalue weighted by molar-refractivity contribution is 0.0972. The molecule has 1 aromatic heterocycles. The van der Waals surface area contributed by atoms with Crippen LogP contribution in [0.4, 0.5) is 4.39 Å². The van der Waals surface area contributed by atoms with E-state index < -0.39 is 11.7 Å². The van der Waals surface area contributed by atoms with Crippen LogP contribution in [0.15, 0.2) is 22.8 Å². The van der Waals surface area contributed by atoms with E-state index in [2.05, 4.69) is 26.2 Å². The molecule has 0 saturated carbocycles. The quantitative estimate of drug-likeness (QED) is 0.601. The Bertz CT molecular complexity index is 787. The molecular weight excluding hydrogens is 355 g/mol. The first-order chi connectivity index (χ1) is 10.5. The summed E-state index contributed by atoms with van der Waals surface area (Å²) in [6.07, 6.45) is 1.60. The molecule has 114 valence electrons. The first-order valence-electron chi connectivity index (χ1n) is 6.51. The molecule has 0 atom stereocenters. The van der Waals surface area contributed by atoms with Crippen LogP contribution in [0.3, 0.4) is 0 Å². The molecule has 0 fully saturated rings. The van der Waals surface area contributed by atoms with Gasteiger partial charge in [0.2, 0.25) is 0 Å². The molecule has 0 spiro atoms. The second kappa shape index (κ2) is 5.53. The number of rotatable bonds is 1. The molecule has 1 aliphatic rings. The zero-order valence-electron chi connectivity index (χ0n) is 11.6. The number of halogens is 2. The van der Waals surface area contributed by atoms with Crippen molar-refractivity contribution in [1.29, 1.82) is 5.41 Å². The Morgan fingerprint density at radius 1 is 1.55 bits per heavy atom. The number of aromatic nitrogens is 2. The van der Waals surface area contributed by atoms with Gasteiger partial charge in [-0.15, -0.1) is 0 Å². The van der Waals surface area contributed by atoms with Crippen LogP contribution in [0.25, 0.3) is 11.4 Å². The highest BCUT2D eigenvalue weighted by molar-refractivity contribution is 9.10. The van der Waals surface area contributed by atoms with E-state index in [-0.39, 0.29) is 11.5 Å². The molecule has 0 saturated heterocycles. The standard InChI is InChI=1S/C14H12BrFN4O2/c1-7(17)18-14(21)11-6-20-2-3-22-12-5-10(16)9(15)4-8(12)13(20)19-11/h4-6H,2-3H2,1H3,(H2,17,18,21). The van der Waals surface area contributed by atoms with E-state index in [1.165, 1.54) is 13.0 Å². The Labute approximate surface area is 133 Å². The minimum absolute atomic E-state index is 0.0433. The lowest BCUT2D eigenvalue weighted by Crippen LogP contribution is -2.27. The number of fused-ring (bicyclic) bond motifs is 3. The van der Waals surface area contributed by atoms with E-state index >= 15 is 0 Å². The smallest absolute Gasteiger partial charge is 0.276 e. The van der Waals surface area contributed by atoms with Crippen molar-refractivity contribution in [3.63, 3.8) is 0 Å². The summed E-state index contributed by atoms with van der Waals surface area (Å²) in [5.41, 5.74) is 0.811. The molecule has 1 aromatic carbocycles. The zero-order valence-corrected chi connectivity index (χ0v) is 13.2. The summed E-state index contributed by atoms with van der Waals surface area (Å²) in [4.78, 5) is 16.3. The zero-order chi connectivity index (χ0) is 15.9. The molecule has 2 N–H and O–H groups in total. The molecular formula is C14H12BrFN4O2. The van der Waals surface area contributed by atoms with Crippen LogP contribution < -0.4 is 10.1 Å². The average molecular weight is 367 g/mol. The number of carbonyl (C=O) groups excluding carboxylic acids is 1. The van der Waals surface area contributed by atoms with Gasteiger partial charge in [0.1, 0.15) is 29.7 Å². The topological polar surface area (TPSA) is 80.0 Å². The largest absolute Gasteiger partial charge is 0.491 e. The van der Waals surface area contributed by atoms with Crippen LogP contribution in [-0.4, -0.2) is 27.9 Å². The van der Waals surface area contributed by atoms with E-state index in [0.29, 0.717) is 34.8 Å². The summed E-state index contributed by atoms with van der Waals surface area (Å²) in [6.45, 7) is 2.32. The van der Waals surface area contributed by atoms with Gasteiger partial charge in [0.15, 0.2) is 0 Å². The fraction of sp³-hybridized carbons (Fsp3) is 0.214. The number of imidazole rings is 1. The normalized spacial score (nSPS) is 12.7. The number of hydrogen-bond donors (Lipinski definition) is 2. The van der Waals surface area contributed by atoms with Crippen molar-refractivity contribution < 1.29 is 13.9 Å². The highest BCUT2D eigenvalue weighted by Crippen LogP contribution is 2.35. The molecule has 22 heavy (non-hydrogen) atoms. The van der Waals surface area contributed by atoms with Gasteiger partial charge in [-0.25, -0.2) is 9.37 Å². The van der Waals surface area contributed by atoms with E-state index in [1.807, 2.05) is 0 Å². The Balaban J connectivity index is 2.08. The van der Waals surface area contributed by atoms with E-state index in [4.69, 9.17) is 10.1 Å². The van der Waals surface area contributed by atoms with E-state index in [1.54, 1.807) is 16.8 Å². The van der Waals surface area contributed by atoms with Crippen molar-refractivity contribution in [1.82, 2.24) is 14.9 Å². The van der Waals surface area contributed by atoms with Gasteiger partial charge in [0, 0.05) is 12.3 Å². The van der Waals surface area contributed by atoms with Crippen molar-refractivity contribution >= 4 is 27.7 Å². The maximum absolute atomic E-state index is 13.7. The van der Waals surface area contributed by atoms with Crippen molar-refractivity contribution in [3.8, 4) is 17.1 Å². The highest BCUT2D eigenvalue weighted by atomic mass is 79.9. The molecule has 6 nitrogen and oxygen atoms in total. The maximum atomic E-state index is 13.7. The fourth-order valence-corrected chi connectivity index (χ4v) is 2.57. The Morgan fingerprint density at radius 2 is 2.32 bits per heavy atom. The van der Waals surface area contributed by atoms with E-state index in [9.17, 15) is 9.18 Å². The highest BCUT2D eigenvalue weighted by Gasteiger charge is 2.22. The molecule has 3 rings (SSSR count). The summed E-state index contributed by atoms with van der Waals surface area (Å²) < 4.78 is 21.3. The van der Waals surface area contributed by atoms with E-state index in [0.717, 1.165) is 0 Å². The van der Waals surface area contributed by atoms with Crippen molar-refractivity contribution in [3.05, 3.63) is 34.3 Å². The number of amidine groups is 1. The predicted octanol–water partition coefficient (Wildman–Crippen LogP) is 2.57. The SMILES string of the molecule is CC(=N)NC(=O)c1cn2c(n1)-c1cc(Br)c(F)cc1OCC2. The third-order valence-corrected chi connectivity index (χ3v) is 3.77. The van der Waals surface area contributed by atoms with Crippen LogP contribution in [0.1, 0.15) is 17.4 Å². The average Bonchev–Trinajstić information content (AvgIpc) is 2.79. The molecule has 0 unspecified atom stereocenters. The number of hydrogen-bond acceptors (Lipinski definition) is 4. The summed E-state index contributed by atoms with van der Waals surface area (Å²) in [5.74, 6) is 0.0934. The van der Waals surface area contributed by atoms with Crippen LogP contribution in [0.2, 0.25) is 0 Å². The van der Waals surface area contributed by atoms with Crippen molar-refractivity contribution in [2.45, 2.75) is 13.5 Å². The van der Waals surface area contributed by atoms with Gasteiger partial charge in [-0.05, 0) is 28.9 Å². The van der Waals surface area contributed by atoms with Gasteiger partial charge < -0.3 is 14.6 Å². The second-order valence-corrected chi connectivity index (χ2v) is 5.69. The molecule has 1 amide bonds. The number of nitrogens with zero attached hydrogens (tertiary/aromatic N) is 2. The maximum Gasteiger partial charge on any atom is 0.276 e. The summed E-state index contributed by atoms with van der Waals surface area (Å²) in [6, 6.07) is 2.88. The molecule has 0 radical (unpaired) electrons. The minimum Gasteiger partial charge on any atom is -0.491 e. The predicted molar refractivity (Wildman–Crippen MR) is 81.7 cm³/mol. The van der Waals surface area contributed by atoms with Gasteiger partial charge in [-0.3, -0.25) is 10.2 Å². The van der Waals surface area contributed by atoms with Crippen molar-refractivity contribution in [2.24, 2.45) is 0 Å². The lowest BCUT2D eigenvalue weighted by atomic mass is 10.2. The van der Waals surface area contributed by atoms with Gasteiger partial charge in [-0.2, -0.15) is 0 Å². The van der Waals surface area contributed by atoms with Gasteiger partial charge in [-0.1, -0.05) is 0 Å².